The monoisotopic (exact) mass is 265 g/mol. The van der Waals surface area contributed by atoms with Gasteiger partial charge in [-0.25, -0.2) is 4.68 Å². The molecule has 0 fully saturated rings. The minimum absolute atomic E-state index is 0.583. The SMILES string of the molecule is N#CCCCSc1nnnn1Cc1cccs1. The fraction of sp³-hybridized carbons (Fsp3) is 0.400. The average Bonchev–Trinajstić information content (AvgIpc) is 2.97. The molecule has 0 amide bonds. The van der Waals surface area contributed by atoms with Gasteiger partial charge in [-0.05, 0) is 28.3 Å². The number of nitrogens with zero attached hydrogens (tertiary/aromatic N) is 5. The molecule has 0 bridgehead atoms. The molecular formula is C10H11N5S2. The lowest BCUT2D eigenvalue weighted by atomic mass is 10.4. The molecule has 2 aromatic heterocycles. The Morgan fingerprint density at radius 1 is 1.53 bits per heavy atom. The molecule has 5 nitrogen and oxygen atoms in total. The third-order valence-corrected chi connectivity index (χ3v) is 3.95. The van der Waals surface area contributed by atoms with Gasteiger partial charge in [0.1, 0.15) is 0 Å². The van der Waals surface area contributed by atoms with Crippen LogP contribution in [0.4, 0.5) is 0 Å². The van der Waals surface area contributed by atoms with Crippen molar-refractivity contribution in [1.29, 1.82) is 5.26 Å². The van der Waals surface area contributed by atoms with Crippen molar-refractivity contribution in [2.45, 2.75) is 24.5 Å². The van der Waals surface area contributed by atoms with Gasteiger partial charge in [-0.15, -0.1) is 16.4 Å². The summed E-state index contributed by atoms with van der Waals surface area (Å²) in [5.74, 6) is 0.873. The molecule has 0 saturated carbocycles. The molecule has 88 valence electrons. The highest BCUT2D eigenvalue weighted by atomic mass is 32.2. The average molecular weight is 265 g/mol. The number of aromatic nitrogens is 4. The number of rotatable bonds is 6. The Labute approximate surface area is 107 Å². The number of nitriles is 1. The first-order valence-electron chi connectivity index (χ1n) is 5.18. The molecule has 7 heteroatoms. The van der Waals surface area contributed by atoms with Crippen LogP contribution in [0.15, 0.2) is 22.7 Å². The molecule has 0 saturated heterocycles. The molecule has 17 heavy (non-hydrogen) atoms. The Kier molecular flexibility index (Phi) is 4.53. The number of thioether (sulfide) groups is 1. The number of tetrazole rings is 1. The molecule has 0 spiro atoms. The maximum Gasteiger partial charge on any atom is 0.209 e. The van der Waals surface area contributed by atoms with E-state index in [1.165, 1.54) is 4.88 Å². The van der Waals surface area contributed by atoms with E-state index in [1.54, 1.807) is 27.8 Å². The molecule has 0 aliphatic rings. The Morgan fingerprint density at radius 2 is 2.47 bits per heavy atom. The quantitative estimate of drug-likeness (QED) is 0.591. The molecule has 0 unspecified atom stereocenters. The van der Waals surface area contributed by atoms with Crippen LogP contribution in [-0.4, -0.2) is 26.0 Å². The normalized spacial score (nSPS) is 10.3. The maximum atomic E-state index is 8.45. The Hall–Kier alpha value is -1.39. The van der Waals surface area contributed by atoms with Gasteiger partial charge in [0, 0.05) is 17.1 Å². The summed E-state index contributed by atoms with van der Waals surface area (Å²) in [5, 5.41) is 22.9. The van der Waals surface area contributed by atoms with Crippen LogP contribution in [-0.2, 0) is 6.54 Å². The van der Waals surface area contributed by atoms with E-state index in [-0.39, 0.29) is 0 Å². The standard InChI is InChI=1S/C10H11N5S2/c11-5-1-2-6-17-10-12-13-14-15(10)8-9-4-3-7-16-9/h3-4,7H,1-2,6,8H2. The third-order valence-electron chi connectivity index (χ3n) is 2.05. The van der Waals surface area contributed by atoms with E-state index in [2.05, 4.69) is 27.7 Å². The predicted octanol–water partition coefficient (Wildman–Crippen LogP) is 2.18. The highest BCUT2D eigenvalue weighted by Gasteiger charge is 2.07. The van der Waals surface area contributed by atoms with Crippen LogP contribution in [0.2, 0.25) is 0 Å². The predicted molar refractivity (Wildman–Crippen MR) is 66.8 cm³/mol. The summed E-state index contributed by atoms with van der Waals surface area (Å²) < 4.78 is 1.79. The number of hydrogen-bond acceptors (Lipinski definition) is 6. The second-order valence-electron chi connectivity index (χ2n) is 3.31. The summed E-state index contributed by atoms with van der Waals surface area (Å²) in [5.41, 5.74) is 0. The lowest BCUT2D eigenvalue weighted by Crippen LogP contribution is -2.02. The lowest BCUT2D eigenvalue weighted by molar-refractivity contribution is 0.608. The van der Waals surface area contributed by atoms with Crippen molar-refractivity contribution in [3.8, 4) is 6.07 Å². The number of hydrogen-bond donors (Lipinski definition) is 0. The van der Waals surface area contributed by atoms with E-state index in [0.717, 1.165) is 17.3 Å². The fourth-order valence-electron chi connectivity index (χ4n) is 1.26. The number of thiophene rings is 1. The van der Waals surface area contributed by atoms with E-state index in [4.69, 9.17) is 5.26 Å². The summed E-state index contributed by atoms with van der Waals surface area (Å²) in [7, 11) is 0. The highest BCUT2D eigenvalue weighted by molar-refractivity contribution is 7.99. The van der Waals surface area contributed by atoms with Gasteiger partial charge in [-0.1, -0.05) is 17.8 Å². The van der Waals surface area contributed by atoms with Crippen molar-refractivity contribution in [3.05, 3.63) is 22.4 Å². The molecule has 0 atom stereocenters. The van der Waals surface area contributed by atoms with Crippen molar-refractivity contribution in [1.82, 2.24) is 20.2 Å². The molecule has 0 aliphatic carbocycles. The first-order valence-corrected chi connectivity index (χ1v) is 7.05. The molecule has 0 aliphatic heterocycles. The van der Waals surface area contributed by atoms with Gasteiger partial charge in [0.25, 0.3) is 0 Å². The molecule has 0 radical (unpaired) electrons. The van der Waals surface area contributed by atoms with Crippen molar-refractivity contribution in [2.24, 2.45) is 0 Å². The van der Waals surface area contributed by atoms with Gasteiger partial charge in [0.05, 0.1) is 12.6 Å². The van der Waals surface area contributed by atoms with Crippen LogP contribution < -0.4 is 0 Å². The molecule has 2 heterocycles. The van der Waals surface area contributed by atoms with E-state index in [1.807, 2.05) is 11.4 Å². The zero-order valence-corrected chi connectivity index (χ0v) is 10.7. The summed E-state index contributed by atoms with van der Waals surface area (Å²) in [6, 6.07) is 6.21. The minimum atomic E-state index is 0.583. The van der Waals surface area contributed by atoms with Gasteiger partial charge in [-0.3, -0.25) is 0 Å². The van der Waals surface area contributed by atoms with Crippen molar-refractivity contribution in [3.63, 3.8) is 0 Å². The van der Waals surface area contributed by atoms with Crippen molar-refractivity contribution < 1.29 is 0 Å². The van der Waals surface area contributed by atoms with Crippen LogP contribution >= 0.6 is 23.1 Å². The lowest BCUT2D eigenvalue weighted by Gasteiger charge is -2.01. The highest BCUT2D eigenvalue weighted by Crippen LogP contribution is 2.18. The maximum absolute atomic E-state index is 8.45. The van der Waals surface area contributed by atoms with Gasteiger partial charge in [-0.2, -0.15) is 5.26 Å². The zero-order chi connectivity index (χ0) is 11.9. The first kappa shape index (κ1) is 12.1. The fourth-order valence-corrected chi connectivity index (χ4v) is 2.77. The molecule has 2 aromatic rings. The molecule has 0 aromatic carbocycles. The summed E-state index contributed by atoms with van der Waals surface area (Å²) in [4.78, 5) is 1.23. The van der Waals surface area contributed by atoms with Gasteiger partial charge < -0.3 is 0 Å². The molecule has 2 rings (SSSR count). The second-order valence-corrected chi connectivity index (χ2v) is 5.40. The third kappa shape index (κ3) is 3.54. The van der Waals surface area contributed by atoms with Gasteiger partial charge >= 0.3 is 0 Å². The van der Waals surface area contributed by atoms with Crippen LogP contribution in [0, 0.1) is 11.3 Å². The Morgan fingerprint density at radius 3 is 3.24 bits per heavy atom. The van der Waals surface area contributed by atoms with Crippen LogP contribution in [0.5, 0.6) is 0 Å². The smallest absolute Gasteiger partial charge is 0.209 e. The van der Waals surface area contributed by atoms with Crippen molar-refractivity contribution in [2.75, 3.05) is 5.75 Å². The zero-order valence-electron chi connectivity index (χ0n) is 9.11. The topological polar surface area (TPSA) is 67.4 Å². The van der Waals surface area contributed by atoms with Gasteiger partial charge in [0.15, 0.2) is 0 Å². The summed E-state index contributed by atoms with van der Waals surface area (Å²) >= 11 is 3.29. The van der Waals surface area contributed by atoms with Gasteiger partial charge in [0.2, 0.25) is 5.16 Å². The number of unbranched alkanes of at least 4 members (excludes halogenated alkanes) is 1. The Balaban J connectivity index is 1.90. The van der Waals surface area contributed by atoms with Crippen LogP contribution in [0.25, 0.3) is 0 Å². The second kappa shape index (κ2) is 6.37. The summed E-state index contributed by atoms with van der Waals surface area (Å²) in [6.45, 7) is 0.714. The molecular weight excluding hydrogens is 254 g/mol. The van der Waals surface area contributed by atoms with Crippen LogP contribution in [0.3, 0.4) is 0 Å². The first-order chi connectivity index (χ1) is 8.40. The molecule has 0 N–H and O–H groups in total. The largest absolute Gasteiger partial charge is 0.215 e. The minimum Gasteiger partial charge on any atom is -0.215 e. The summed E-state index contributed by atoms with van der Waals surface area (Å²) in [6.07, 6.45) is 1.45. The van der Waals surface area contributed by atoms with E-state index >= 15 is 0 Å². The Bertz CT molecular complexity index is 485. The van der Waals surface area contributed by atoms with E-state index in [9.17, 15) is 0 Å². The van der Waals surface area contributed by atoms with Crippen molar-refractivity contribution >= 4 is 23.1 Å². The van der Waals surface area contributed by atoms with E-state index < -0.39 is 0 Å². The van der Waals surface area contributed by atoms with E-state index in [0.29, 0.717) is 13.0 Å². The van der Waals surface area contributed by atoms with Crippen LogP contribution in [0.1, 0.15) is 17.7 Å².